The summed E-state index contributed by atoms with van der Waals surface area (Å²) in [5.74, 6) is 0.392. The third-order valence-corrected chi connectivity index (χ3v) is 4.40. The van der Waals surface area contributed by atoms with Crippen molar-refractivity contribution in [2.75, 3.05) is 19.0 Å². The van der Waals surface area contributed by atoms with Crippen LogP contribution in [0.1, 0.15) is 17.2 Å². The van der Waals surface area contributed by atoms with E-state index in [1.165, 1.54) is 0 Å². The maximum Gasteiger partial charge on any atom is 0.238 e. The number of carbonyl (C=O) groups is 1. The van der Waals surface area contributed by atoms with E-state index < -0.39 is 0 Å². The second-order valence-corrected chi connectivity index (χ2v) is 6.46. The zero-order chi connectivity index (χ0) is 19.1. The lowest BCUT2D eigenvalue weighted by Gasteiger charge is -2.20. The summed E-state index contributed by atoms with van der Waals surface area (Å²) in [7, 11) is 1.55. The molecule has 5 heteroatoms. The van der Waals surface area contributed by atoms with Gasteiger partial charge in [0.2, 0.25) is 5.91 Å². The summed E-state index contributed by atoms with van der Waals surface area (Å²) in [5.41, 5.74) is 2.74. The highest BCUT2D eigenvalue weighted by Crippen LogP contribution is 2.27. The molecule has 2 N–H and O–H groups in total. The molecule has 0 unspecified atom stereocenters. The summed E-state index contributed by atoms with van der Waals surface area (Å²) >= 11 is 6.02. The van der Waals surface area contributed by atoms with Crippen LogP contribution in [-0.2, 0) is 4.79 Å². The molecule has 3 rings (SSSR count). The fourth-order valence-electron chi connectivity index (χ4n) is 2.89. The molecule has 3 aromatic rings. The Labute approximate surface area is 164 Å². The summed E-state index contributed by atoms with van der Waals surface area (Å²) in [6.45, 7) is 0.143. The number of hydrogen-bond donors (Lipinski definition) is 2. The molecule has 1 amide bonds. The van der Waals surface area contributed by atoms with E-state index in [0.717, 1.165) is 11.1 Å². The number of methoxy groups -OCH3 is 1. The van der Waals surface area contributed by atoms with E-state index in [1.807, 2.05) is 60.7 Å². The van der Waals surface area contributed by atoms with Crippen LogP contribution >= 0.6 is 11.6 Å². The Morgan fingerprint density at radius 2 is 1.56 bits per heavy atom. The van der Waals surface area contributed by atoms with Gasteiger partial charge in [-0.25, -0.2) is 0 Å². The Morgan fingerprint density at radius 1 is 0.963 bits per heavy atom. The van der Waals surface area contributed by atoms with E-state index in [9.17, 15) is 4.79 Å². The van der Waals surface area contributed by atoms with E-state index in [4.69, 9.17) is 16.3 Å². The van der Waals surface area contributed by atoms with Gasteiger partial charge in [0.15, 0.2) is 0 Å². The average Bonchev–Trinajstić information content (AvgIpc) is 2.70. The van der Waals surface area contributed by atoms with Gasteiger partial charge in [0.05, 0.1) is 25.4 Å². The Morgan fingerprint density at radius 3 is 2.11 bits per heavy atom. The van der Waals surface area contributed by atoms with Gasteiger partial charge in [-0.05, 0) is 29.3 Å². The lowest BCUT2D eigenvalue weighted by molar-refractivity contribution is -0.115. The topological polar surface area (TPSA) is 50.4 Å². The molecule has 0 radical (unpaired) electrons. The molecule has 3 aromatic carbocycles. The molecule has 0 saturated heterocycles. The zero-order valence-electron chi connectivity index (χ0n) is 15.0. The third-order valence-electron chi connectivity index (χ3n) is 4.17. The quantitative estimate of drug-likeness (QED) is 0.626. The molecule has 138 valence electrons. The molecular weight excluding hydrogens is 360 g/mol. The van der Waals surface area contributed by atoms with Gasteiger partial charge in [-0.1, -0.05) is 72.3 Å². The Bertz CT molecular complexity index is 846. The van der Waals surface area contributed by atoms with Crippen LogP contribution in [0.4, 0.5) is 5.69 Å². The number of ether oxygens (including phenoxy) is 1. The first-order valence-electron chi connectivity index (χ1n) is 8.64. The van der Waals surface area contributed by atoms with Crippen molar-refractivity contribution in [3.05, 3.63) is 95.0 Å². The SMILES string of the molecule is COc1ccc(Cl)cc1NC(=O)CNC(c1ccccc1)c1ccccc1. The predicted octanol–water partition coefficient (Wildman–Crippen LogP) is 4.67. The van der Waals surface area contributed by atoms with Gasteiger partial charge in [0, 0.05) is 5.02 Å². The van der Waals surface area contributed by atoms with Gasteiger partial charge in [0.1, 0.15) is 5.75 Å². The number of nitrogens with one attached hydrogen (secondary N) is 2. The van der Waals surface area contributed by atoms with Crippen LogP contribution in [0.15, 0.2) is 78.9 Å². The van der Waals surface area contributed by atoms with Gasteiger partial charge in [-0.15, -0.1) is 0 Å². The van der Waals surface area contributed by atoms with Crippen LogP contribution in [0.2, 0.25) is 5.02 Å². The highest BCUT2D eigenvalue weighted by molar-refractivity contribution is 6.31. The molecule has 0 saturated carbocycles. The minimum Gasteiger partial charge on any atom is -0.495 e. The summed E-state index contributed by atoms with van der Waals surface area (Å²) < 4.78 is 5.27. The van der Waals surface area contributed by atoms with Crippen molar-refractivity contribution in [1.82, 2.24) is 5.32 Å². The fraction of sp³-hybridized carbons (Fsp3) is 0.136. The van der Waals surface area contributed by atoms with Crippen LogP contribution in [0.5, 0.6) is 5.75 Å². The number of rotatable bonds is 7. The van der Waals surface area contributed by atoms with E-state index in [2.05, 4.69) is 10.6 Å². The van der Waals surface area contributed by atoms with Crippen molar-refractivity contribution in [3.63, 3.8) is 0 Å². The van der Waals surface area contributed by atoms with E-state index in [-0.39, 0.29) is 18.5 Å². The minimum absolute atomic E-state index is 0.0839. The maximum atomic E-state index is 12.5. The smallest absolute Gasteiger partial charge is 0.238 e. The van der Waals surface area contributed by atoms with Crippen molar-refractivity contribution in [2.24, 2.45) is 0 Å². The first-order valence-corrected chi connectivity index (χ1v) is 9.02. The lowest BCUT2D eigenvalue weighted by Crippen LogP contribution is -2.32. The molecule has 0 aliphatic rings. The average molecular weight is 381 g/mol. The van der Waals surface area contributed by atoms with Crippen LogP contribution in [0, 0.1) is 0 Å². The van der Waals surface area contributed by atoms with Crippen LogP contribution in [-0.4, -0.2) is 19.6 Å². The maximum absolute atomic E-state index is 12.5. The fourth-order valence-corrected chi connectivity index (χ4v) is 3.06. The van der Waals surface area contributed by atoms with Crippen LogP contribution in [0.3, 0.4) is 0 Å². The molecule has 0 heterocycles. The minimum atomic E-state index is -0.174. The number of hydrogen-bond acceptors (Lipinski definition) is 3. The van der Waals surface area contributed by atoms with Gasteiger partial charge >= 0.3 is 0 Å². The van der Waals surface area contributed by atoms with Crippen molar-refractivity contribution in [2.45, 2.75) is 6.04 Å². The van der Waals surface area contributed by atoms with Gasteiger partial charge in [-0.3, -0.25) is 10.1 Å². The molecule has 0 bridgehead atoms. The Kier molecular flexibility index (Phi) is 6.47. The highest BCUT2D eigenvalue weighted by Gasteiger charge is 2.15. The highest BCUT2D eigenvalue weighted by atomic mass is 35.5. The monoisotopic (exact) mass is 380 g/mol. The van der Waals surface area contributed by atoms with E-state index in [1.54, 1.807) is 25.3 Å². The molecular formula is C22H21ClN2O2. The number of amides is 1. The van der Waals surface area contributed by atoms with E-state index >= 15 is 0 Å². The lowest BCUT2D eigenvalue weighted by atomic mass is 9.99. The van der Waals surface area contributed by atoms with E-state index in [0.29, 0.717) is 16.5 Å². The van der Waals surface area contributed by atoms with Gasteiger partial charge in [0.25, 0.3) is 0 Å². The Balaban J connectivity index is 1.72. The largest absolute Gasteiger partial charge is 0.495 e. The number of benzene rings is 3. The van der Waals surface area contributed by atoms with Crippen molar-refractivity contribution >= 4 is 23.2 Å². The van der Waals surface area contributed by atoms with Crippen molar-refractivity contribution < 1.29 is 9.53 Å². The third kappa shape index (κ3) is 5.09. The molecule has 0 atom stereocenters. The number of halogens is 1. The molecule has 0 aromatic heterocycles. The molecule has 0 spiro atoms. The van der Waals surface area contributed by atoms with Gasteiger partial charge < -0.3 is 10.1 Å². The molecule has 0 aliphatic carbocycles. The number of carbonyl (C=O) groups excluding carboxylic acids is 1. The first kappa shape index (κ1) is 19.0. The summed E-state index contributed by atoms with van der Waals surface area (Å²) in [5, 5.41) is 6.72. The van der Waals surface area contributed by atoms with Crippen molar-refractivity contribution in [1.29, 1.82) is 0 Å². The molecule has 4 nitrogen and oxygen atoms in total. The van der Waals surface area contributed by atoms with Crippen molar-refractivity contribution in [3.8, 4) is 5.75 Å². The second-order valence-electron chi connectivity index (χ2n) is 6.03. The normalized spacial score (nSPS) is 10.6. The van der Waals surface area contributed by atoms with Crippen LogP contribution in [0.25, 0.3) is 0 Å². The standard InChI is InChI=1S/C22H21ClN2O2/c1-27-20-13-12-18(23)14-19(20)25-21(26)15-24-22(16-8-4-2-5-9-16)17-10-6-3-7-11-17/h2-14,22,24H,15H2,1H3,(H,25,26). The zero-order valence-corrected chi connectivity index (χ0v) is 15.7. The predicted molar refractivity (Wildman–Crippen MR) is 109 cm³/mol. The summed E-state index contributed by atoms with van der Waals surface area (Å²) in [4.78, 5) is 12.5. The van der Waals surface area contributed by atoms with Crippen LogP contribution < -0.4 is 15.4 Å². The summed E-state index contributed by atoms with van der Waals surface area (Å²) in [6, 6.07) is 25.1. The number of anilines is 1. The Hall–Kier alpha value is -2.82. The molecule has 27 heavy (non-hydrogen) atoms. The molecule has 0 fully saturated rings. The second kappa shape index (κ2) is 9.21. The van der Waals surface area contributed by atoms with Gasteiger partial charge in [-0.2, -0.15) is 0 Å². The molecule has 0 aliphatic heterocycles. The summed E-state index contributed by atoms with van der Waals surface area (Å²) in [6.07, 6.45) is 0. The first-order chi connectivity index (χ1) is 13.2.